The molecular formula is C14H17FO5. The van der Waals surface area contributed by atoms with Crippen molar-refractivity contribution in [3.05, 3.63) is 35.9 Å². The van der Waals surface area contributed by atoms with Gasteiger partial charge in [0.25, 0.3) is 0 Å². The van der Waals surface area contributed by atoms with Crippen molar-refractivity contribution in [2.45, 2.75) is 31.1 Å². The van der Waals surface area contributed by atoms with E-state index in [0.717, 1.165) is 0 Å². The quantitative estimate of drug-likeness (QED) is 0.844. The lowest BCUT2D eigenvalue weighted by atomic mass is 9.99. The van der Waals surface area contributed by atoms with E-state index in [-0.39, 0.29) is 0 Å². The molecule has 4 unspecified atom stereocenters. The minimum Gasteiger partial charge on any atom is -0.452 e. The predicted molar refractivity (Wildman–Crippen MR) is 67.9 cm³/mol. The highest BCUT2D eigenvalue weighted by molar-refractivity contribution is 5.89. The van der Waals surface area contributed by atoms with E-state index >= 15 is 0 Å². The van der Waals surface area contributed by atoms with Crippen molar-refractivity contribution in [1.29, 1.82) is 0 Å². The summed E-state index contributed by atoms with van der Waals surface area (Å²) in [7, 11) is 1.29. The first kappa shape index (κ1) is 14.9. The minimum absolute atomic E-state index is 0.306. The fourth-order valence-electron chi connectivity index (χ4n) is 2.23. The number of hydrogen-bond acceptors (Lipinski definition) is 5. The largest absolute Gasteiger partial charge is 0.452 e. The number of rotatable bonds is 4. The molecule has 20 heavy (non-hydrogen) atoms. The predicted octanol–water partition coefficient (Wildman–Crippen LogP) is 1.30. The molecule has 1 N–H and O–H groups in total. The van der Waals surface area contributed by atoms with Crippen molar-refractivity contribution in [3.8, 4) is 0 Å². The average molecular weight is 284 g/mol. The Hall–Kier alpha value is -1.50. The third-order valence-electron chi connectivity index (χ3n) is 3.29. The van der Waals surface area contributed by atoms with Gasteiger partial charge in [0.05, 0.1) is 12.2 Å². The standard InChI is InChI=1S/C14H17FO5/c1-14(15)11(10(8-16)19-13(14)18-2)20-12(17)9-6-4-3-5-7-9/h3-7,10-11,13,16H,8H2,1-2H3. The van der Waals surface area contributed by atoms with Crippen LogP contribution in [-0.2, 0) is 14.2 Å². The number of carbonyl (C=O) groups is 1. The lowest BCUT2D eigenvalue weighted by Gasteiger charge is -2.26. The molecule has 0 radical (unpaired) electrons. The lowest BCUT2D eigenvalue weighted by molar-refractivity contribution is -0.163. The van der Waals surface area contributed by atoms with E-state index in [0.29, 0.717) is 5.56 Å². The van der Waals surface area contributed by atoms with Crippen LogP contribution in [-0.4, -0.2) is 49.0 Å². The molecule has 2 rings (SSSR count). The van der Waals surface area contributed by atoms with E-state index in [1.807, 2.05) is 0 Å². The highest BCUT2D eigenvalue weighted by Crippen LogP contribution is 2.37. The fraction of sp³-hybridized carbons (Fsp3) is 0.500. The number of aliphatic hydroxyl groups excluding tert-OH is 1. The second kappa shape index (κ2) is 5.87. The SMILES string of the molecule is COC1OC(CO)C(OC(=O)c2ccccc2)C1(C)F. The molecule has 1 fully saturated rings. The van der Waals surface area contributed by atoms with Gasteiger partial charge in [0.2, 0.25) is 0 Å². The Morgan fingerprint density at radius 3 is 2.65 bits per heavy atom. The van der Waals surface area contributed by atoms with Gasteiger partial charge in [-0.25, -0.2) is 9.18 Å². The van der Waals surface area contributed by atoms with Crippen LogP contribution in [0.1, 0.15) is 17.3 Å². The highest BCUT2D eigenvalue weighted by Gasteiger charge is 2.57. The van der Waals surface area contributed by atoms with Crippen molar-refractivity contribution in [1.82, 2.24) is 0 Å². The molecule has 0 saturated carbocycles. The lowest BCUT2D eigenvalue weighted by Crippen LogP contribution is -2.45. The molecule has 0 aliphatic carbocycles. The third-order valence-corrected chi connectivity index (χ3v) is 3.29. The van der Waals surface area contributed by atoms with Crippen LogP contribution in [0.25, 0.3) is 0 Å². The Balaban J connectivity index is 2.16. The van der Waals surface area contributed by atoms with Gasteiger partial charge in [-0.3, -0.25) is 0 Å². The summed E-state index contributed by atoms with van der Waals surface area (Å²) in [5.74, 6) is -0.668. The molecule has 110 valence electrons. The first-order chi connectivity index (χ1) is 9.50. The fourth-order valence-corrected chi connectivity index (χ4v) is 2.23. The Labute approximate surface area is 116 Å². The number of aliphatic hydroxyl groups is 1. The van der Waals surface area contributed by atoms with Crippen LogP contribution >= 0.6 is 0 Å². The van der Waals surface area contributed by atoms with E-state index < -0.39 is 36.7 Å². The van der Waals surface area contributed by atoms with Gasteiger partial charge in [0.15, 0.2) is 18.1 Å². The molecule has 5 nitrogen and oxygen atoms in total. The zero-order valence-corrected chi connectivity index (χ0v) is 11.3. The molecule has 1 saturated heterocycles. The smallest absolute Gasteiger partial charge is 0.338 e. The molecule has 1 aromatic rings. The molecule has 0 spiro atoms. The number of alkyl halides is 1. The zero-order valence-electron chi connectivity index (χ0n) is 11.3. The summed E-state index contributed by atoms with van der Waals surface area (Å²) >= 11 is 0. The van der Waals surface area contributed by atoms with Gasteiger partial charge < -0.3 is 19.3 Å². The molecule has 0 bridgehead atoms. The van der Waals surface area contributed by atoms with Crippen LogP contribution in [0.5, 0.6) is 0 Å². The number of ether oxygens (including phenoxy) is 3. The van der Waals surface area contributed by atoms with Crippen molar-refractivity contribution >= 4 is 5.97 Å². The van der Waals surface area contributed by atoms with Gasteiger partial charge in [-0.15, -0.1) is 0 Å². The van der Waals surface area contributed by atoms with Crippen LogP contribution in [0.3, 0.4) is 0 Å². The Kier molecular flexibility index (Phi) is 4.37. The van der Waals surface area contributed by atoms with E-state index in [4.69, 9.17) is 14.2 Å². The summed E-state index contributed by atoms with van der Waals surface area (Å²) in [4.78, 5) is 12.0. The van der Waals surface area contributed by atoms with E-state index in [1.54, 1.807) is 30.3 Å². The van der Waals surface area contributed by atoms with Crippen LogP contribution in [0.15, 0.2) is 30.3 Å². The van der Waals surface area contributed by atoms with Gasteiger partial charge in [-0.05, 0) is 19.1 Å². The topological polar surface area (TPSA) is 65.0 Å². The number of esters is 1. The maximum atomic E-state index is 14.6. The summed E-state index contributed by atoms with van der Waals surface area (Å²) in [5.41, 5.74) is -1.73. The van der Waals surface area contributed by atoms with E-state index in [1.165, 1.54) is 14.0 Å². The first-order valence-electron chi connectivity index (χ1n) is 6.24. The maximum Gasteiger partial charge on any atom is 0.338 e. The Morgan fingerprint density at radius 1 is 1.45 bits per heavy atom. The van der Waals surface area contributed by atoms with E-state index in [9.17, 15) is 14.3 Å². The second-order valence-electron chi connectivity index (χ2n) is 4.77. The monoisotopic (exact) mass is 284 g/mol. The average Bonchev–Trinajstić information content (AvgIpc) is 2.70. The minimum atomic E-state index is -2.04. The molecule has 1 aliphatic rings. The van der Waals surface area contributed by atoms with E-state index in [2.05, 4.69) is 0 Å². The van der Waals surface area contributed by atoms with Crippen LogP contribution in [0.4, 0.5) is 4.39 Å². The summed E-state index contributed by atoms with van der Waals surface area (Å²) < 4.78 is 29.9. The highest BCUT2D eigenvalue weighted by atomic mass is 19.1. The number of methoxy groups -OCH3 is 1. The van der Waals surface area contributed by atoms with Crippen molar-refractivity contribution in [3.63, 3.8) is 0 Å². The molecule has 0 aromatic heterocycles. The number of hydrogen-bond donors (Lipinski definition) is 1. The van der Waals surface area contributed by atoms with Crippen LogP contribution in [0.2, 0.25) is 0 Å². The van der Waals surface area contributed by atoms with Gasteiger partial charge in [0, 0.05) is 7.11 Å². The number of halogens is 1. The maximum absolute atomic E-state index is 14.6. The van der Waals surface area contributed by atoms with Crippen molar-refractivity contribution in [2.24, 2.45) is 0 Å². The van der Waals surface area contributed by atoms with Gasteiger partial charge >= 0.3 is 5.97 Å². The molecule has 1 aromatic carbocycles. The first-order valence-corrected chi connectivity index (χ1v) is 6.24. The molecule has 1 heterocycles. The summed E-state index contributed by atoms with van der Waals surface area (Å²) in [6, 6.07) is 8.24. The molecule has 1 aliphatic heterocycles. The second-order valence-corrected chi connectivity index (χ2v) is 4.77. The van der Waals surface area contributed by atoms with Gasteiger partial charge in [-0.2, -0.15) is 0 Å². The molecule has 4 atom stereocenters. The zero-order chi connectivity index (χ0) is 14.8. The van der Waals surface area contributed by atoms with Gasteiger partial charge in [0.1, 0.15) is 6.10 Å². The third kappa shape index (κ3) is 2.67. The molecule has 0 amide bonds. The summed E-state index contributed by atoms with van der Waals surface area (Å²) in [5, 5.41) is 9.23. The van der Waals surface area contributed by atoms with Crippen LogP contribution < -0.4 is 0 Å². The Morgan fingerprint density at radius 2 is 2.10 bits per heavy atom. The summed E-state index contributed by atoms with van der Waals surface area (Å²) in [6.07, 6.45) is -3.37. The normalized spacial score (nSPS) is 33.1. The number of carbonyl (C=O) groups excluding carboxylic acids is 1. The summed E-state index contributed by atoms with van der Waals surface area (Å²) in [6.45, 7) is 0.756. The molecule has 6 heteroatoms. The van der Waals surface area contributed by atoms with Crippen molar-refractivity contribution in [2.75, 3.05) is 13.7 Å². The number of benzene rings is 1. The Bertz CT molecular complexity index is 462. The van der Waals surface area contributed by atoms with Crippen molar-refractivity contribution < 1.29 is 28.5 Å². The molecular weight excluding hydrogens is 267 g/mol. The van der Waals surface area contributed by atoms with Gasteiger partial charge in [-0.1, -0.05) is 18.2 Å². The van der Waals surface area contributed by atoms with Crippen LogP contribution in [0, 0.1) is 0 Å².